The molecule has 0 spiro atoms. The van der Waals surface area contributed by atoms with Crippen molar-refractivity contribution >= 4 is 61.4 Å². The number of rotatable bonds is 0. The molecule has 118 valence electrons. The molecule has 5 rings (SSSR count). The van der Waals surface area contributed by atoms with Crippen LogP contribution in [0.2, 0.25) is 5.02 Å². The molecule has 0 amide bonds. The Morgan fingerprint density at radius 2 is 2.00 bits per heavy atom. The van der Waals surface area contributed by atoms with Crippen molar-refractivity contribution in [1.29, 1.82) is 0 Å². The first kappa shape index (κ1) is 14.3. The third kappa shape index (κ3) is 1.87. The fourth-order valence-corrected chi connectivity index (χ4v) is 5.44. The van der Waals surface area contributed by atoms with E-state index in [2.05, 4.69) is 4.98 Å². The van der Waals surface area contributed by atoms with Gasteiger partial charge in [0.2, 0.25) is 0 Å². The van der Waals surface area contributed by atoms with Gasteiger partial charge in [-0.15, -0.1) is 0 Å². The molecule has 4 aromatic rings. The Kier molecular flexibility index (Phi) is 2.98. The molecule has 4 nitrogen and oxygen atoms in total. The van der Waals surface area contributed by atoms with Crippen molar-refractivity contribution in [3.8, 4) is 0 Å². The molecule has 0 atom stereocenters. The Morgan fingerprint density at radius 3 is 2.88 bits per heavy atom. The van der Waals surface area contributed by atoms with Crippen LogP contribution in [0.15, 0.2) is 52.2 Å². The van der Waals surface area contributed by atoms with Crippen molar-refractivity contribution < 1.29 is 0 Å². The summed E-state index contributed by atoms with van der Waals surface area (Å²) in [7, 11) is 1.96. The van der Waals surface area contributed by atoms with Crippen molar-refractivity contribution in [2.75, 3.05) is 11.9 Å². The van der Waals surface area contributed by atoms with E-state index in [1.165, 1.54) is 11.3 Å². The topological polar surface area (TPSA) is 37.6 Å². The van der Waals surface area contributed by atoms with Crippen LogP contribution in [0.1, 0.15) is 0 Å². The molecule has 0 radical (unpaired) electrons. The van der Waals surface area contributed by atoms with Gasteiger partial charge in [0.1, 0.15) is 9.56 Å². The van der Waals surface area contributed by atoms with Gasteiger partial charge in [0.15, 0.2) is 4.96 Å². The first-order chi connectivity index (χ1) is 11.6. The van der Waals surface area contributed by atoms with Crippen LogP contribution in [0.25, 0.3) is 21.0 Å². The highest BCUT2D eigenvalue weighted by Gasteiger charge is 2.25. The van der Waals surface area contributed by atoms with Crippen LogP contribution in [0.5, 0.6) is 0 Å². The fraction of sp³-hybridized carbons (Fsp3) is 0.0588. The molecule has 1 aliphatic heterocycles. The standard InChI is InChI=1S/C17H10ClN3OS2/c1-20-12-8-9(18)6-7-13(12)23-16(20)14-15(22)21-11-5-3-2-4-10(11)19-17(21)24-14/h2-8H,1H3/b16-14-. The van der Waals surface area contributed by atoms with Crippen molar-refractivity contribution in [1.82, 2.24) is 9.38 Å². The van der Waals surface area contributed by atoms with Crippen LogP contribution in [0, 0.1) is 0 Å². The number of thioether (sulfide) groups is 1. The van der Waals surface area contributed by atoms with Gasteiger partial charge in [-0.1, -0.05) is 46.8 Å². The van der Waals surface area contributed by atoms with Crippen LogP contribution in [-0.2, 0) is 0 Å². The second-order valence-electron chi connectivity index (χ2n) is 5.53. The molecular formula is C17H10ClN3OS2. The zero-order chi connectivity index (χ0) is 16.4. The minimum absolute atomic E-state index is 0.0167. The summed E-state index contributed by atoms with van der Waals surface area (Å²) in [6, 6.07) is 13.5. The van der Waals surface area contributed by atoms with E-state index in [1.54, 1.807) is 16.2 Å². The van der Waals surface area contributed by atoms with Crippen LogP contribution >= 0.6 is 34.7 Å². The molecule has 0 bridgehead atoms. The Labute approximate surface area is 150 Å². The Bertz CT molecular complexity index is 1240. The number of thiazole rings is 1. The maximum Gasteiger partial charge on any atom is 0.277 e. The quantitative estimate of drug-likeness (QED) is 0.473. The van der Waals surface area contributed by atoms with Crippen LogP contribution < -0.4 is 15.0 Å². The van der Waals surface area contributed by atoms with Gasteiger partial charge in [-0.05, 0) is 30.3 Å². The van der Waals surface area contributed by atoms with Gasteiger partial charge in [0.25, 0.3) is 5.56 Å². The fourth-order valence-electron chi connectivity index (χ4n) is 2.96. The summed E-state index contributed by atoms with van der Waals surface area (Å²) in [5.41, 5.74) is 2.71. The normalized spacial score (nSPS) is 16.3. The lowest BCUT2D eigenvalue weighted by Gasteiger charge is -2.12. The van der Waals surface area contributed by atoms with Gasteiger partial charge < -0.3 is 4.90 Å². The summed E-state index contributed by atoms with van der Waals surface area (Å²) in [6.45, 7) is 0. The molecule has 0 fully saturated rings. The van der Waals surface area contributed by atoms with E-state index >= 15 is 0 Å². The first-order valence-electron chi connectivity index (χ1n) is 7.29. The molecule has 2 aromatic heterocycles. The molecule has 0 saturated heterocycles. The largest absolute Gasteiger partial charge is 0.337 e. The van der Waals surface area contributed by atoms with E-state index in [0.717, 1.165) is 31.6 Å². The molecule has 0 aliphatic carbocycles. The zero-order valence-corrected chi connectivity index (χ0v) is 14.9. The predicted molar refractivity (Wildman–Crippen MR) is 101 cm³/mol. The Balaban J connectivity index is 1.82. The maximum absolute atomic E-state index is 13.0. The monoisotopic (exact) mass is 371 g/mol. The van der Waals surface area contributed by atoms with Gasteiger partial charge in [-0.25, -0.2) is 9.38 Å². The van der Waals surface area contributed by atoms with Crippen molar-refractivity contribution in [2.45, 2.75) is 4.90 Å². The van der Waals surface area contributed by atoms with E-state index in [-0.39, 0.29) is 5.56 Å². The summed E-state index contributed by atoms with van der Waals surface area (Å²) < 4.78 is 2.41. The summed E-state index contributed by atoms with van der Waals surface area (Å²) in [6.07, 6.45) is 0. The number of hydrogen-bond acceptors (Lipinski definition) is 5. The number of para-hydroxylation sites is 2. The van der Waals surface area contributed by atoms with Gasteiger partial charge in [0.05, 0.1) is 16.7 Å². The SMILES string of the molecule is CN1/C(=c2/sc3nc4ccccc4n3c2=O)Sc2ccc(Cl)cc21. The van der Waals surface area contributed by atoms with Gasteiger partial charge >= 0.3 is 0 Å². The number of aromatic nitrogens is 2. The molecule has 24 heavy (non-hydrogen) atoms. The number of benzene rings is 2. The first-order valence-corrected chi connectivity index (χ1v) is 9.30. The lowest BCUT2D eigenvalue weighted by molar-refractivity contribution is 1.17. The van der Waals surface area contributed by atoms with Crippen LogP contribution in [-0.4, -0.2) is 16.4 Å². The van der Waals surface area contributed by atoms with Crippen LogP contribution in [0.3, 0.4) is 0 Å². The van der Waals surface area contributed by atoms with E-state index in [4.69, 9.17) is 11.6 Å². The molecule has 0 N–H and O–H groups in total. The predicted octanol–water partition coefficient (Wildman–Crippen LogP) is 3.59. The number of fused-ring (bicyclic) bond motifs is 4. The molecule has 3 heterocycles. The molecule has 0 saturated carbocycles. The van der Waals surface area contributed by atoms with E-state index < -0.39 is 0 Å². The zero-order valence-electron chi connectivity index (χ0n) is 12.5. The van der Waals surface area contributed by atoms with E-state index in [0.29, 0.717) is 9.55 Å². The second kappa shape index (κ2) is 4.99. The minimum Gasteiger partial charge on any atom is -0.337 e. The Morgan fingerprint density at radius 1 is 1.17 bits per heavy atom. The number of hydrogen-bond donors (Lipinski definition) is 0. The molecule has 2 aromatic carbocycles. The third-order valence-corrected chi connectivity index (χ3v) is 6.74. The van der Waals surface area contributed by atoms with Crippen molar-refractivity contribution in [3.63, 3.8) is 0 Å². The number of anilines is 1. The van der Waals surface area contributed by atoms with E-state index in [9.17, 15) is 4.79 Å². The van der Waals surface area contributed by atoms with Gasteiger partial charge in [0, 0.05) is 17.0 Å². The number of imidazole rings is 1. The molecular weight excluding hydrogens is 362 g/mol. The molecule has 7 heteroatoms. The van der Waals surface area contributed by atoms with Gasteiger partial charge in [-0.2, -0.15) is 0 Å². The molecule has 1 aliphatic rings. The highest BCUT2D eigenvalue weighted by molar-refractivity contribution is 8.08. The van der Waals surface area contributed by atoms with Crippen molar-refractivity contribution in [2.24, 2.45) is 0 Å². The van der Waals surface area contributed by atoms with E-state index in [1.807, 2.05) is 54.4 Å². The average molecular weight is 372 g/mol. The maximum atomic E-state index is 13.0. The smallest absolute Gasteiger partial charge is 0.277 e. The summed E-state index contributed by atoms with van der Waals surface area (Å²) >= 11 is 9.14. The van der Waals surface area contributed by atoms with Crippen LogP contribution in [0.4, 0.5) is 5.69 Å². The Hall–Kier alpha value is -2.02. The summed E-state index contributed by atoms with van der Waals surface area (Å²) in [4.78, 5) is 21.4. The highest BCUT2D eigenvalue weighted by Crippen LogP contribution is 2.46. The van der Waals surface area contributed by atoms with Crippen molar-refractivity contribution in [3.05, 3.63) is 62.4 Å². The summed E-state index contributed by atoms with van der Waals surface area (Å²) in [5, 5.41) is 1.62. The molecule has 0 unspecified atom stereocenters. The number of halogens is 1. The second-order valence-corrected chi connectivity index (χ2v) is 7.98. The number of nitrogens with zero attached hydrogens (tertiary/aromatic N) is 3. The lowest BCUT2D eigenvalue weighted by atomic mass is 10.3. The average Bonchev–Trinajstić information content (AvgIpc) is 3.19. The van der Waals surface area contributed by atoms with Gasteiger partial charge in [-0.3, -0.25) is 4.79 Å². The highest BCUT2D eigenvalue weighted by atomic mass is 35.5. The third-order valence-electron chi connectivity index (χ3n) is 4.11. The lowest BCUT2D eigenvalue weighted by Crippen LogP contribution is -2.28. The summed E-state index contributed by atoms with van der Waals surface area (Å²) in [5.74, 6) is 0. The minimum atomic E-state index is -0.0167.